The predicted octanol–water partition coefficient (Wildman–Crippen LogP) is 8.02. The van der Waals surface area contributed by atoms with Crippen LogP contribution in [0.15, 0.2) is 83.0 Å². The molecule has 2 aliphatic heterocycles. The first-order valence-corrected chi connectivity index (χ1v) is 12.8. The quantitative estimate of drug-likeness (QED) is 0.370. The Morgan fingerprint density at radius 2 is 0.892 bits per heavy atom. The summed E-state index contributed by atoms with van der Waals surface area (Å²) in [6.45, 7) is 3.23. The van der Waals surface area contributed by atoms with Crippen molar-refractivity contribution in [2.45, 2.75) is 41.1 Å². The van der Waals surface area contributed by atoms with Gasteiger partial charge in [-0.15, -0.1) is 23.5 Å². The molecule has 2 aromatic carbocycles. The molecule has 37 heavy (non-hydrogen) atoms. The molecule has 0 spiro atoms. The average molecular weight is 553 g/mol. The minimum Gasteiger partial charge on any atom is -0.508 e. The van der Waals surface area contributed by atoms with Crippen molar-refractivity contribution in [2.75, 3.05) is 0 Å². The van der Waals surface area contributed by atoms with Gasteiger partial charge < -0.3 is 10.2 Å². The van der Waals surface area contributed by atoms with Crippen LogP contribution in [-0.4, -0.2) is 37.5 Å². The Morgan fingerprint density at radius 3 is 1.22 bits per heavy atom. The number of phenolic OH excluding ortho intramolecular Hbond substituents is 2. The van der Waals surface area contributed by atoms with Gasteiger partial charge in [0, 0.05) is 21.0 Å². The number of aromatic hydroxyl groups is 2. The molecule has 2 aliphatic carbocycles. The molecule has 0 radical (unpaired) electrons. The summed E-state index contributed by atoms with van der Waals surface area (Å²) in [6.07, 6.45) is 2.61. The number of alkyl halides is 6. The standard InChI is InChI=1S/C27H18F6O2S2/c1-23-17(11-19(36-23)13-3-7-15(34)8-4-13)21-22(26(30,31)27(32,33)25(21,28)29)18-12-20(37-24(18,23)2)14-5-9-16(35)10-6-14/h3-12,34-35H,1-2H3. The molecule has 6 rings (SSSR count). The summed E-state index contributed by atoms with van der Waals surface area (Å²) in [7, 11) is 0. The highest BCUT2D eigenvalue weighted by Crippen LogP contribution is 2.75. The molecule has 1 saturated carbocycles. The van der Waals surface area contributed by atoms with Gasteiger partial charge in [-0.05, 0) is 72.5 Å². The third-order valence-electron chi connectivity index (χ3n) is 7.63. The van der Waals surface area contributed by atoms with Crippen molar-refractivity contribution >= 4 is 33.3 Å². The van der Waals surface area contributed by atoms with Gasteiger partial charge in [0.05, 0.1) is 9.49 Å². The minimum atomic E-state index is -5.61. The van der Waals surface area contributed by atoms with Gasteiger partial charge in [0.25, 0.3) is 0 Å². The number of phenols is 2. The van der Waals surface area contributed by atoms with E-state index in [1.165, 1.54) is 36.4 Å². The van der Waals surface area contributed by atoms with Crippen LogP contribution in [0.2, 0.25) is 0 Å². The van der Waals surface area contributed by atoms with Crippen molar-refractivity contribution in [1.82, 2.24) is 0 Å². The molecule has 0 bridgehead atoms. The third-order valence-corrected chi connectivity index (χ3v) is 11.0. The van der Waals surface area contributed by atoms with E-state index in [4.69, 9.17) is 0 Å². The Labute approximate surface area is 216 Å². The van der Waals surface area contributed by atoms with E-state index in [1.54, 1.807) is 38.1 Å². The van der Waals surface area contributed by atoms with E-state index in [9.17, 15) is 19.0 Å². The average Bonchev–Trinajstić information content (AvgIpc) is 3.40. The molecule has 0 aromatic heterocycles. The van der Waals surface area contributed by atoms with Gasteiger partial charge in [0.2, 0.25) is 0 Å². The summed E-state index contributed by atoms with van der Waals surface area (Å²) in [4.78, 5) is 0.889. The van der Waals surface area contributed by atoms with Crippen molar-refractivity contribution in [1.29, 1.82) is 0 Å². The largest absolute Gasteiger partial charge is 0.508 e. The number of hydrogen-bond donors (Lipinski definition) is 2. The Kier molecular flexibility index (Phi) is 4.81. The number of thioether (sulfide) groups is 2. The summed E-state index contributed by atoms with van der Waals surface area (Å²) >= 11 is 2.30. The van der Waals surface area contributed by atoms with Crippen molar-refractivity contribution < 1.29 is 36.6 Å². The van der Waals surface area contributed by atoms with Crippen LogP contribution >= 0.6 is 23.5 Å². The van der Waals surface area contributed by atoms with Gasteiger partial charge in [-0.25, -0.2) is 0 Å². The van der Waals surface area contributed by atoms with Crippen molar-refractivity contribution in [3.8, 4) is 11.5 Å². The lowest BCUT2D eigenvalue weighted by molar-refractivity contribution is -0.258. The van der Waals surface area contributed by atoms with Crippen LogP contribution < -0.4 is 0 Å². The van der Waals surface area contributed by atoms with Gasteiger partial charge in [0.1, 0.15) is 11.5 Å². The molecule has 2 unspecified atom stereocenters. The maximum Gasteiger partial charge on any atom is 0.380 e. The van der Waals surface area contributed by atoms with Crippen LogP contribution in [-0.2, 0) is 0 Å². The molecule has 2 atom stereocenters. The normalized spacial score (nSPS) is 30.6. The fourth-order valence-electron chi connectivity index (χ4n) is 5.45. The van der Waals surface area contributed by atoms with E-state index in [0.717, 1.165) is 23.5 Å². The molecule has 2 heterocycles. The highest BCUT2D eigenvalue weighted by atomic mass is 32.2. The zero-order valence-electron chi connectivity index (χ0n) is 19.3. The van der Waals surface area contributed by atoms with E-state index >= 15 is 17.6 Å². The van der Waals surface area contributed by atoms with Gasteiger partial charge in [-0.1, -0.05) is 24.3 Å². The summed E-state index contributed by atoms with van der Waals surface area (Å²) in [6, 6.07) is 11.8. The smallest absolute Gasteiger partial charge is 0.380 e. The minimum absolute atomic E-state index is 0.0214. The number of hydrogen-bond acceptors (Lipinski definition) is 4. The molecule has 10 heteroatoms. The van der Waals surface area contributed by atoms with Crippen LogP contribution in [0.4, 0.5) is 26.3 Å². The molecular weight excluding hydrogens is 534 g/mol. The van der Waals surface area contributed by atoms with Gasteiger partial charge in [0.15, 0.2) is 0 Å². The molecule has 2 N–H and O–H groups in total. The van der Waals surface area contributed by atoms with E-state index in [1.807, 2.05) is 0 Å². The van der Waals surface area contributed by atoms with Crippen molar-refractivity contribution in [3.63, 3.8) is 0 Å². The molecule has 2 aromatic rings. The van der Waals surface area contributed by atoms with Crippen molar-refractivity contribution in [2.24, 2.45) is 0 Å². The summed E-state index contributed by atoms with van der Waals surface area (Å²) in [5.74, 6) is -15.9. The van der Waals surface area contributed by atoms with Crippen LogP contribution in [0, 0.1) is 0 Å². The maximum absolute atomic E-state index is 15.3. The topological polar surface area (TPSA) is 40.5 Å². The lowest BCUT2D eigenvalue weighted by Crippen LogP contribution is -2.48. The molecule has 2 nitrogen and oxygen atoms in total. The highest BCUT2D eigenvalue weighted by Gasteiger charge is 2.84. The number of halogens is 6. The van der Waals surface area contributed by atoms with E-state index in [2.05, 4.69) is 0 Å². The number of fused-ring (bicyclic) bond motifs is 4. The number of allylic oxidation sites excluding steroid dienone is 4. The fourth-order valence-corrected chi connectivity index (χ4v) is 8.59. The van der Waals surface area contributed by atoms with E-state index < -0.39 is 38.4 Å². The highest BCUT2D eigenvalue weighted by molar-refractivity contribution is 8.14. The Morgan fingerprint density at radius 1 is 0.568 bits per heavy atom. The molecule has 0 amide bonds. The lowest BCUT2D eigenvalue weighted by Gasteiger charge is -2.47. The first-order chi connectivity index (χ1) is 17.1. The summed E-state index contributed by atoms with van der Waals surface area (Å²) in [5, 5.41) is 19.3. The maximum atomic E-state index is 15.3. The molecule has 0 saturated heterocycles. The fraction of sp³-hybridized carbons (Fsp3) is 0.259. The molecular formula is C27H18F6O2S2. The SMILES string of the molecule is CC12SC(c3ccc(O)cc3)=CC1=C1C(=C3C=C(c4ccc(O)cc4)SC32C)C(F)(F)C(F)(F)C1(F)F. The molecule has 1 fully saturated rings. The predicted molar refractivity (Wildman–Crippen MR) is 133 cm³/mol. The first kappa shape index (κ1) is 24.6. The van der Waals surface area contributed by atoms with E-state index in [0.29, 0.717) is 20.9 Å². The van der Waals surface area contributed by atoms with Crippen molar-refractivity contribution in [3.05, 3.63) is 94.1 Å². The lowest BCUT2D eigenvalue weighted by atomic mass is 9.71. The zero-order chi connectivity index (χ0) is 26.8. The van der Waals surface area contributed by atoms with Crippen LogP contribution in [0.5, 0.6) is 11.5 Å². The molecule has 192 valence electrons. The number of rotatable bonds is 2. The Balaban J connectivity index is 1.65. The first-order valence-electron chi connectivity index (χ1n) is 11.2. The van der Waals surface area contributed by atoms with Crippen LogP contribution in [0.1, 0.15) is 25.0 Å². The molecule has 4 aliphatic rings. The van der Waals surface area contributed by atoms with Gasteiger partial charge in [-0.2, -0.15) is 26.3 Å². The third kappa shape index (κ3) is 2.88. The zero-order valence-corrected chi connectivity index (χ0v) is 20.9. The second-order valence-electron chi connectivity index (χ2n) is 9.68. The summed E-state index contributed by atoms with van der Waals surface area (Å²) in [5.41, 5.74) is -2.07. The number of benzene rings is 2. The second-order valence-corrected chi connectivity index (χ2v) is 12.6. The Bertz CT molecular complexity index is 1380. The van der Waals surface area contributed by atoms with Gasteiger partial charge >= 0.3 is 17.8 Å². The monoisotopic (exact) mass is 552 g/mol. The van der Waals surface area contributed by atoms with E-state index in [-0.39, 0.29) is 22.6 Å². The summed E-state index contributed by atoms with van der Waals surface area (Å²) < 4.78 is 88.4. The van der Waals surface area contributed by atoms with Crippen LogP contribution in [0.25, 0.3) is 9.81 Å². The van der Waals surface area contributed by atoms with Gasteiger partial charge in [-0.3, -0.25) is 0 Å². The second kappa shape index (κ2) is 7.22. The Hall–Kier alpha value is -2.72. The van der Waals surface area contributed by atoms with Crippen LogP contribution in [0.3, 0.4) is 0 Å².